The van der Waals surface area contributed by atoms with Crippen molar-refractivity contribution in [3.63, 3.8) is 0 Å². The molecule has 108 valence electrons. The summed E-state index contributed by atoms with van der Waals surface area (Å²) in [5.41, 5.74) is 10.3. The number of hydrogen-bond acceptors (Lipinski definition) is 2. The molecule has 2 aromatic carbocycles. The molecule has 2 aromatic rings. The zero-order chi connectivity index (χ0) is 14.3. The van der Waals surface area contributed by atoms with E-state index in [0.29, 0.717) is 12.0 Å². The fourth-order valence-corrected chi connectivity index (χ4v) is 3.99. The SMILES string of the molecule is NCc1ccc(N2CC3(CC(c4ccccc4)C3)C2)cc1. The van der Waals surface area contributed by atoms with Gasteiger partial charge in [-0.3, -0.25) is 0 Å². The van der Waals surface area contributed by atoms with Crippen LogP contribution in [0, 0.1) is 5.41 Å². The van der Waals surface area contributed by atoms with Crippen molar-refractivity contribution >= 4 is 5.69 Å². The van der Waals surface area contributed by atoms with Crippen LogP contribution in [0.25, 0.3) is 0 Å². The van der Waals surface area contributed by atoms with Gasteiger partial charge in [-0.25, -0.2) is 0 Å². The van der Waals surface area contributed by atoms with Crippen LogP contribution >= 0.6 is 0 Å². The summed E-state index contributed by atoms with van der Waals surface area (Å²) < 4.78 is 0. The minimum absolute atomic E-state index is 0.590. The summed E-state index contributed by atoms with van der Waals surface area (Å²) in [6.07, 6.45) is 2.71. The molecule has 1 spiro atoms. The lowest BCUT2D eigenvalue weighted by Gasteiger charge is -2.60. The predicted octanol–water partition coefficient (Wildman–Crippen LogP) is 3.53. The van der Waals surface area contributed by atoms with E-state index in [2.05, 4.69) is 59.5 Å². The first-order chi connectivity index (χ1) is 10.3. The molecule has 2 heteroatoms. The van der Waals surface area contributed by atoms with Gasteiger partial charge in [0.2, 0.25) is 0 Å². The smallest absolute Gasteiger partial charge is 0.0366 e. The van der Waals surface area contributed by atoms with Crippen molar-refractivity contribution in [2.45, 2.75) is 25.3 Å². The van der Waals surface area contributed by atoms with Crippen LogP contribution in [0.1, 0.15) is 29.9 Å². The van der Waals surface area contributed by atoms with Crippen LogP contribution in [-0.2, 0) is 6.54 Å². The lowest BCUT2D eigenvalue weighted by Crippen LogP contribution is -2.61. The van der Waals surface area contributed by atoms with Crippen molar-refractivity contribution < 1.29 is 0 Å². The molecule has 0 amide bonds. The van der Waals surface area contributed by atoms with Gasteiger partial charge in [0.15, 0.2) is 0 Å². The fourth-order valence-electron chi connectivity index (χ4n) is 3.99. The molecule has 4 rings (SSSR count). The highest BCUT2D eigenvalue weighted by molar-refractivity contribution is 5.51. The van der Waals surface area contributed by atoms with Crippen LogP contribution in [0.4, 0.5) is 5.69 Å². The molecule has 1 heterocycles. The van der Waals surface area contributed by atoms with E-state index in [0.717, 1.165) is 5.92 Å². The quantitative estimate of drug-likeness (QED) is 0.930. The van der Waals surface area contributed by atoms with Crippen molar-refractivity contribution in [1.82, 2.24) is 0 Å². The Morgan fingerprint density at radius 2 is 1.62 bits per heavy atom. The van der Waals surface area contributed by atoms with Gasteiger partial charge in [0.1, 0.15) is 0 Å². The summed E-state index contributed by atoms with van der Waals surface area (Å²) in [6.45, 7) is 3.07. The van der Waals surface area contributed by atoms with Gasteiger partial charge in [0, 0.05) is 30.7 Å². The molecule has 0 aromatic heterocycles. The van der Waals surface area contributed by atoms with E-state index in [1.807, 2.05) is 0 Å². The van der Waals surface area contributed by atoms with Crippen LogP contribution in [-0.4, -0.2) is 13.1 Å². The largest absolute Gasteiger partial charge is 0.370 e. The van der Waals surface area contributed by atoms with E-state index in [4.69, 9.17) is 5.73 Å². The molecule has 2 nitrogen and oxygen atoms in total. The van der Waals surface area contributed by atoms with Gasteiger partial charge in [0.25, 0.3) is 0 Å². The molecule has 1 aliphatic carbocycles. The zero-order valence-corrected chi connectivity index (χ0v) is 12.3. The number of benzene rings is 2. The van der Waals surface area contributed by atoms with E-state index in [-0.39, 0.29) is 0 Å². The van der Waals surface area contributed by atoms with E-state index in [9.17, 15) is 0 Å². The maximum Gasteiger partial charge on any atom is 0.0366 e. The first kappa shape index (κ1) is 12.9. The Kier molecular flexibility index (Phi) is 3.00. The molecule has 0 bridgehead atoms. The standard InChI is InChI=1S/C19H22N2/c20-12-15-6-8-18(9-7-15)21-13-19(14-21)10-17(11-19)16-4-2-1-3-5-16/h1-9,17H,10-14,20H2. The molecule has 2 aliphatic rings. The first-order valence-electron chi connectivity index (χ1n) is 7.87. The Balaban J connectivity index is 1.36. The summed E-state index contributed by atoms with van der Waals surface area (Å²) in [5.74, 6) is 0.785. The van der Waals surface area contributed by atoms with Crippen LogP contribution in [0.5, 0.6) is 0 Å². The van der Waals surface area contributed by atoms with Crippen molar-refractivity contribution in [2.75, 3.05) is 18.0 Å². The molecule has 2 N–H and O–H groups in total. The minimum atomic E-state index is 0.590. The van der Waals surface area contributed by atoms with Gasteiger partial charge in [-0.2, -0.15) is 0 Å². The number of hydrogen-bond donors (Lipinski definition) is 1. The Bertz CT molecular complexity index is 604. The highest BCUT2D eigenvalue weighted by Crippen LogP contribution is 2.56. The molecule has 0 unspecified atom stereocenters. The molecule has 0 atom stereocenters. The van der Waals surface area contributed by atoms with Gasteiger partial charge in [-0.05, 0) is 42.0 Å². The number of nitrogens with two attached hydrogens (primary N) is 1. The van der Waals surface area contributed by atoms with Gasteiger partial charge >= 0.3 is 0 Å². The van der Waals surface area contributed by atoms with E-state index >= 15 is 0 Å². The number of rotatable bonds is 3. The van der Waals surface area contributed by atoms with Crippen molar-refractivity contribution in [1.29, 1.82) is 0 Å². The second-order valence-electron chi connectivity index (χ2n) is 6.74. The van der Waals surface area contributed by atoms with Crippen molar-refractivity contribution in [3.05, 3.63) is 65.7 Å². The lowest BCUT2D eigenvalue weighted by atomic mass is 9.56. The topological polar surface area (TPSA) is 29.3 Å². The third kappa shape index (κ3) is 2.24. The fraction of sp³-hybridized carbons (Fsp3) is 0.368. The molecule has 2 fully saturated rings. The average Bonchev–Trinajstić information content (AvgIpc) is 2.46. The second kappa shape index (κ2) is 4.88. The van der Waals surface area contributed by atoms with Crippen molar-refractivity contribution in [2.24, 2.45) is 11.1 Å². The van der Waals surface area contributed by atoms with E-state index in [1.54, 1.807) is 0 Å². The van der Waals surface area contributed by atoms with Gasteiger partial charge in [0.05, 0.1) is 0 Å². The molecular formula is C19H22N2. The highest BCUT2D eigenvalue weighted by Gasteiger charge is 2.52. The molecule has 1 saturated carbocycles. The normalized spacial score (nSPS) is 20.1. The van der Waals surface area contributed by atoms with Gasteiger partial charge in [-0.15, -0.1) is 0 Å². The average molecular weight is 278 g/mol. The predicted molar refractivity (Wildman–Crippen MR) is 87.4 cm³/mol. The van der Waals surface area contributed by atoms with Gasteiger partial charge in [-0.1, -0.05) is 42.5 Å². The summed E-state index contributed by atoms with van der Waals surface area (Å²) in [7, 11) is 0. The number of nitrogens with zero attached hydrogens (tertiary/aromatic N) is 1. The third-order valence-corrected chi connectivity index (χ3v) is 5.22. The summed E-state index contributed by atoms with van der Waals surface area (Å²) in [4.78, 5) is 2.50. The van der Waals surface area contributed by atoms with Crippen molar-refractivity contribution in [3.8, 4) is 0 Å². The lowest BCUT2D eigenvalue weighted by molar-refractivity contribution is 0.0634. The Labute approximate surface area is 126 Å². The van der Waals surface area contributed by atoms with Crippen LogP contribution < -0.4 is 10.6 Å². The second-order valence-corrected chi connectivity index (χ2v) is 6.74. The third-order valence-electron chi connectivity index (χ3n) is 5.22. The monoisotopic (exact) mass is 278 g/mol. The maximum absolute atomic E-state index is 5.65. The summed E-state index contributed by atoms with van der Waals surface area (Å²) >= 11 is 0. The summed E-state index contributed by atoms with van der Waals surface area (Å²) in [5, 5.41) is 0. The molecule has 0 radical (unpaired) electrons. The Morgan fingerprint density at radius 1 is 0.952 bits per heavy atom. The molecule has 21 heavy (non-hydrogen) atoms. The first-order valence-corrected chi connectivity index (χ1v) is 7.87. The van der Waals surface area contributed by atoms with Crippen LogP contribution in [0.15, 0.2) is 54.6 Å². The van der Waals surface area contributed by atoms with E-state index < -0.39 is 0 Å². The Morgan fingerprint density at radius 3 is 2.24 bits per heavy atom. The highest BCUT2D eigenvalue weighted by atomic mass is 15.2. The van der Waals surface area contributed by atoms with Crippen LogP contribution in [0.3, 0.4) is 0 Å². The minimum Gasteiger partial charge on any atom is -0.370 e. The molecule has 1 aliphatic heterocycles. The maximum atomic E-state index is 5.65. The van der Waals surface area contributed by atoms with E-state index in [1.165, 1.54) is 42.7 Å². The summed E-state index contributed by atoms with van der Waals surface area (Å²) in [6, 6.07) is 19.7. The molecular weight excluding hydrogens is 256 g/mol. The van der Waals surface area contributed by atoms with Gasteiger partial charge < -0.3 is 10.6 Å². The molecule has 1 saturated heterocycles. The zero-order valence-electron chi connectivity index (χ0n) is 12.3. The van der Waals surface area contributed by atoms with Crippen LogP contribution in [0.2, 0.25) is 0 Å². The Hall–Kier alpha value is -1.80. The number of anilines is 1.